The predicted octanol–water partition coefficient (Wildman–Crippen LogP) is 13.5. The van der Waals surface area contributed by atoms with Gasteiger partial charge in [-0.15, -0.1) is 0 Å². The molecule has 4 heteroatoms. The normalized spacial score (nSPS) is 12.9. The standard InChI is InChI=1S/C54H33N3S/c55-34-35-25-27-38(28-26-35)41-17-11-21-45-51(41)52-42(18-12-22-46(52)54(45)43-19-7-9-23-49(43)58-50-24-10-8-20-44(50)54)48-33-47(39-15-5-2-6-16-39)56-53(57-48)40-31-29-37(30-32-40)36-13-3-1-4-14-36/h1-33H. The van der Waals surface area contributed by atoms with Gasteiger partial charge in [0.15, 0.2) is 5.82 Å². The first-order valence-electron chi connectivity index (χ1n) is 19.5. The van der Waals surface area contributed by atoms with Crippen molar-refractivity contribution in [3.63, 3.8) is 0 Å². The lowest BCUT2D eigenvalue weighted by atomic mass is 9.67. The Morgan fingerprint density at radius 2 is 0.879 bits per heavy atom. The second-order valence-electron chi connectivity index (χ2n) is 14.8. The summed E-state index contributed by atoms with van der Waals surface area (Å²) in [5.74, 6) is 0.673. The van der Waals surface area contributed by atoms with Crippen LogP contribution in [0.2, 0.25) is 0 Å². The van der Waals surface area contributed by atoms with Crippen LogP contribution in [0.5, 0.6) is 0 Å². The molecule has 8 aromatic carbocycles. The largest absolute Gasteiger partial charge is 0.228 e. The predicted molar refractivity (Wildman–Crippen MR) is 235 cm³/mol. The minimum Gasteiger partial charge on any atom is -0.228 e. The fourth-order valence-electron chi connectivity index (χ4n) is 9.08. The first-order valence-corrected chi connectivity index (χ1v) is 20.3. The van der Waals surface area contributed by atoms with E-state index in [-0.39, 0.29) is 0 Å². The summed E-state index contributed by atoms with van der Waals surface area (Å²) in [6.45, 7) is 0. The molecule has 0 amide bonds. The van der Waals surface area contributed by atoms with Crippen LogP contribution in [-0.4, -0.2) is 9.97 Å². The van der Waals surface area contributed by atoms with Crippen LogP contribution in [0.1, 0.15) is 27.8 Å². The fraction of sp³-hybridized carbons (Fsp3) is 0.0185. The molecule has 0 unspecified atom stereocenters. The van der Waals surface area contributed by atoms with Crippen LogP contribution in [0, 0.1) is 11.3 Å². The quantitative estimate of drug-likeness (QED) is 0.175. The van der Waals surface area contributed by atoms with Gasteiger partial charge in [0.05, 0.1) is 28.4 Å². The average Bonchev–Trinajstić information content (AvgIpc) is 3.60. The molecule has 11 rings (SSSR count). The van der Waals surface area contributed by atoms with Gasteiger partial charge in [-0.2, -0.15) is 5.26 Å². The van der Waals surface area contributed by atoms with Gasteiger partial charge in [0.2, 0.25) is 0 Å². The van der Waals surface area contributed by atoms with Crippen LogP contribution in [-0.2, 0) is 5.41 Å². The van der Waals surface area contributed by atoms with Crippen molar-refractivity contribution in [2.75, 3.05) is 0 Å². The number of hydrogen-bond acceptors (Lipinski definition) is 4. The summed E-state index contributed by atoms with van der Waals surface area (Å²) in [7, 11) is 0. The lowest BCUT2D eigenvalue weighted by molar-refractivity contribution is 0.722. The number of fused-ring (bicyclic) bond motifs is 9. The van der Waals surface area contributed by atoms with Crippen LogP contribution in [0.25, 0.3) is 67.3 Å². The van der Waals surface area contributed by atoms with Gasteiger partial charge in [-0.3, -0.25) is 0 Å². The van der Waals surface area contributed by atoms with Gasteiger partial charge < -0.3 is 0 Å². The molecule has 3 nitrogen and oxygen atoms in total. The van der Waals surface area contributed by atoms with Gasteiger partial charge in [-0.25, -0.2) is 9.97 Å². The molecular weight excluding hydrogens is 723 g/mol. The maximum Gasteiger partial charge on any atom is 0.160 e. The molecule has 1 aliphatic carbocycles. The Kier molecular flexibility index (Phi) is 8.03. The number of hydrogen-bond donors (Lipinski definition) is 0. The zero-order valence-corrected chi connectivity index (χ0v) is 32.1. The van der Waals surface area contributed by atoms with E-state index in [4.69, 9.17) is 9.97 Å². The van der Waals surface area contributed by atoms with E-state index in [9.17, 15) is 5.26 Å². The first-order chi connectivity index (χ1) is 28.7. The molecule has 270 valence electrons. The van der Waals surface area contributed by atoms with Crippen LogP contribution < -0.4 is 0 Å². The van der Waals surface area contributed by atoms with Gasteiger partial charge in [-0.05, 0) is 86.0 Å². The number of rotatable bonds is 5. The van der Waals surface area contributed by atoms with Crippen molar-refractivity contribution in [1.29, 1.82) is 5.26 Å². The second-order valence-corrected chi connectivity index (χ2v) is 15.8. The first kappa shape index (κ1) is 34.0. The molecule has 0 N–H and O–H groups in total. The second kappa shape index (κ2) is 13.7. The molecule has 9 aromatic rings. The Hall–Kier alpha value is -7.32. The number of benzene rings is 8. The lowest BCUT2D eigenvalue weighted by Crippen LogP contribution is -2.31. The highest BCUT2D eigenvalue weighted by atomic mass is 32.2. The van der Waals surface area contributed by atoms with Crippen LogP contribution >= 0.6 is 11.8 Å². The topological polar surface area (TPSA) is 49.6 Å². The Morgan fingerprint density at radius 1 is 0.397 bits per heavy atom. The van der Waals surface area contributed by atoms with Crippen molar-refractivity contribution in [2.24, 2.45) is 0 Å². The van der Waals surface area contributed by atoms with Gasteiger partial charge in [0, 0.05) is 26.5 Å². The molecule has 58 heavy (non-hydrogen) atoms. The van der Waals surface area contributed by atoms with Gasteiger partial charge in [0.1, 0.15) is 0 Å². The van der Waals surface area contributed by atoms with Gasteiger partial charge in [-0.1, -0.05) is 182 Å². The van der Waals surface area contributed by atoms with E-state index in [0.717, 1.165) is 50.3 Å². The van der Waals surface area contributed by atoms with Gasteiger partial charge in [0.25, 0.3) is 0 Å². The summed E-state index contributed by atoms with van der Waals surface area (Å²) in [6.07, 6.45) is 0. The lowest BCUT2D eigenvalue weighted by Gasteiger charge is -2.39. The van der Waals surface area contributed by atoms with Crippen LogP contribution in [0.15, 0.2) is 210 Å². The molecule has 0 radical (unpaired) electrons. The summed E-state index contributed by atoms with van der Waals surface area (Å²) in [4.78, 5) is 13.2. The van der Waals surface area contributed by atoms with Crippen molar-refractivity contribution in [3.8, 4) is 73.4 Å². The smallest absolute Gasteiger partial charge is 0.160 e. The van der Waals surface area contributed by atoms with E-state index in [0.29, 0.717) is 11.4 Å². The number of nitrogens with zero attached hydrogens (tertiary/aromatic N) is 3. The zero-order valence-electron chi connectivity index (χ0n) is 31.3. The third-order valence-corrected chi connectivity index (χ3v) is 12.8. The number of nitriles is 1. The Bertz CT molecular complexity index is 3030. The van der Waals surface area contributed by atoms with Crippen LogP contribution in [0.4, 0.5) is 0 Å². The molecule has 0 fully saturated rings. The van der Waals surface area contributed by atoms with Crippen molar-refractivity contribution in [3.05, 3.63) is 228 Å². The highest BCUT2D eigenvalue weighted by Gasteiger charge is 2.51. The average molecular weight is 756 g/mol. The summed E-state index contributed by atoms with van der Waals surface area (Å²) >= 11 is 1.85. The molecule has 0 saturated carbocycles. The van der Waals surface area contributed by atoms with Crippen molar-refractivity contribution >= 4 is 11.8 Å². The molecule has 0 bridgehead atoms. The van der Waals surface area contributed by atoms with Crippen LogP contribution in [0.3, 0.4) is 0 Å². The molecule has 0 saturated heterocycles. The molecule has 1 aromatic heterocycles. The Balaban J connectivity index is 1.21. The third kappa shape index (κ3) is 5.29. The van der Waals surface area contributed by atoms with E-state index in [1.165, 1.54) is 43.2 Å². The zero-order chi connectivity index (χ0) is 38.6. The third-order valence-electron chi connectivity index (χ3n) is 11.6. The summed E-state index contributed by atoms with van der Waals surface area (Å²) in [6, 6.07) is 73.2. The highest BCUT2D eigenvalue weighted by Crippen LogP contribution is 2.64. The van der Waals surface area contributed by atoms with Gasteiger partial charge >= 0.3 is 0 Å². The van der Waals surface area contributed by atoms with E-state index in [1.54, 1.807) is 0 Å². The van der Waals surface area contributed by atoms with Crippen molar-refractivity contribution in [1.82, 2.24) is 9.97 Å². The molecule has 0 atom stereocenters. The summed E-state index contributed by atoms with van der Waals surface area (Å²) in [5, 5.41) is 9.71. The van der Waals surface area contributed by atoms with E-state index >= 15 is 0 Å². The summed E-state index contributed by atoms with van der Waals surface area (Å²) in [5.41, 5.74) is 16.7. The van der Waals surface area contributed by atoms with E-state index in [1.807, 2.05) is 36.0 Å². The molecule has 1 aliphatic heterocycles. The minimum atomic E-state index is -0.576. The Morgan fingerprint density at radius 3 is 1.52 bits per heavy atom. The fourth-order valence-corrected chi connectivity index (χ4v) is 10.3. The van der Waals surface area contributed by atoms with E-state index < -0.39 is 5.41 Å². The molecule has 2 aliphatic rings. The minimum absolute atomic E-state index is 0.576. The maximum atomic E-state index is 9.71. The maximum absolute atomic E-state index is 9.71. The number of aromatic nitrogens is 2. The molecular formula is C54H33N3S. The van der Waals surface area contributed by atoms with Crippen molar-refractivity contribution < 1.29 is 0 Å². The van der Waals surface area contributed by atoms with Crippen molar-refractivity contribution in [2.45, 2.75) is 15.2 Å². The van der Waals surface area contributed by atoms with E-state index in [2.05, 4.69) is 182 Å². The highest BCUT2D eigenvalue weighted by molar-refractivity contribution is 7.99. The molecule has 1 spiro atoms. The SMILES string of the molecule is N#Cc1ccc(-c2cccc3c2-c2c(-c4cc(-c5ccccc5)nc(-c5ccc(-c6ccccc6)cc5)n4)cccc2C32c3ccccc3Sc3ccccc32)cc1. The Labute approximate surface area is 342 Å². The monoisotopic (exact) mass is 755 g/mol. The summed E-state index contributed by atoms with van der Waals surface area (Å²) < 4.78 is 0. The molecule has 2 heterocycles.